The lowest BCUT2D eigenvalue weighted by atomic mass is 9.77. The van der Waals surface area contributed by atoms with Gasteiger partial charge in [0, 0.05) is 24.8 Å². The number of aromatic nitrogens is 2. The second kappa shape index (κ2) is 7.30. The van der Waals surface area contributed by atoms with Crippen molar-refractivity contribution in [2.24, 2.45) is 5.41 Å². The van der Waals surface area contributed by atoms with Crippen molar-refractivity contribution in [2.75, 3.05) is 19.9 Å². The summed E-state index contributed by atoms with van der Waals surface area (Å²) in [5.41, 5.74) is 1.35. The standard InChI is InChI=1S/C21H25N3O4/c1-14-22-11-16(20(26)23-14)9-19(25)24-7-3-6-21(2,12-24)10-15-4-5-17-18(8-15)28-13-27-17/h4-5,8,11H,3,6-7,9-10,12-13H2,1-2H3,(H,22,23,26)/t21-/m0/s1. The molecule has 4 rings (SSSR count). The number of likely N-dealkylation sites (tertiary alicyclic amines) is 1. The summed E-state index contributed by atoms with van der Waals surface area (Å²) < 4.78 is 10.9. The zero-order valence-electron chi connectivity index (χ0n) is 16.3. The fourth-order valence-corrected chi connectivity index (χ4v) is 4.13. The van der Waals surface area contributed by atoms with Gasteiger partial charge in [0.25, 0.3) is 5.56 Å². The van der Waals surface area contributed by atoms with E-state index in [1.165, 1.54) is 11.8 Å². The molecule has 1 amide bonds. The monoisotopic (exact) mass is 383 g/mol. The van der Waals surface area contributed by atoms with Crippen molar-refractivity contribution < 1.29 is 14.3 Å². The summed E-state index contributed by atoms with van der Waals surface area (Å²) in [6.45, 7) is 5.62. The van der Waals surface area contributed by atoms with Crippen LogP contribution in [0.25, 0.3) is 0 Å². The molecule has 0 spiro atoms. The van der Waals surface area contributed by atoms with E-state index >= 15 is 0 Å². The van der Waals surface area contributed by atoms with Gasteiger partial charge in [0.2, 0.25) is 12.7 Å². The number of aryl methyl sites for hydroxylation is 1. The predicted octanol–water partition coefficient (Wildman–Crippen LogP) is 2.22. The first-order valence-electron chi connectivity index (χ1n) is 9.63. The highest BCUT2D eigenvalue weighted by atomic mass is 16.7. The highest BCUT2D eigenvalue weighted by Gasteiger charge is 2.33. The van der Waals surface area contributed by atoms with Crippen molar-refractivity contribution in [1.29, 1.82) is 0 Å². The van der Waals surface area contributed by atoms with E-state index in [0.717, 1.165) is 37.3 Å². The Labute approximate surface area is 163 Å². The second-order valence-electron chi connectivity index (χ2n) is 8.09. The van der Waals surface area contributed by atoms with Gasteiger partial charge in [0.15, 0.2) is 11.5 Å². The zero-order valence-corrected chi connectivity index (χ0v) is 16.3. The number of nitrogens with zero attached hydrogens (tertiary/aromatic N) is 2. The van der Waals surface area contributed by atoms with Gasteiger partial charge in [-0.1, -0.05) is 13.0 Å². The molecule has 0 bridgehead atoms. The summed E-state index contributed by atoms with van der Waals surface area (Å²) in [5, 5.41) is 0. The molecule has 0 aliphatic carbocycles. The minimum absolute atomic E-state index is 0.0143. The van der Waals surface area contributed by atoms with E-state index in [2.05, 4.69) is 23.0 Å². The maximum absolute atomic E-state index is 12.8. The molecule has 1 aromatic heterocycles. The predicted molar refractivity (Wildman–Crippen MR) is 103 cm³/mol. The van der Waals surface area contributed by atoms with E-state index in [0.29, 0.717) is 17.9 Å². The van der Waals surface area contributed by atoms with Crippen LogP contribution in [0.1, 0.15) is 36.7 Å². The number of ether oxygens (including phenoxy) is 2. The molecule has 1 atom stereocenters. The van der Waals surface area contributed by atoms with Gasteiger partial charge in [0.1, 0.15) is 5.82 Å². The molecule has 1 saturated heterocycles. The first kappa shape index (κ1) is 18.5. The van der Waals surface area contributed by atoms with E-state index in [-0.39, 0.29) is 30.1 Å². The molecule has 1 N–H and O–H groups in total. The average Bonchev–Trinajstić information content (AvgIpc) is 3.11. The van der Waals surface area contributed by atoms with Crippen molar-refractivity contribution in [3.63, 3.8) is 0 Å². The zero-order chi connectivity index (χ0) is 19.7. The van der Waals surface area contributed by atoms with Crippen molar-refractivity contribution in [3.05, 3.63) is 51.7 Å². The molecule has 2 aliphatic heterocycles. The van der Waals surface area contributed by atoms with Crippen LogP contribution in [-0.2, 0) is 17.6 Å². The highest BCUT2D eigenvalue weighted by molar-refractivity contribution is 5.78. The molecule has 7 nitrogen and oxygen atoms in total. The first-order chi connectivity index (χ1) is 13.4. The number of amides is 1. The summed E-state index contributed by atoms with van der Waals surface area (Å²) in [7, 11) is 0. The summed E-state index contributed by atoms with van der Waals surface area (Å²) in [6, 6.07) is 6.05. The van der Waals surface area contributed by atoms with Gasteiger partial charge < -0.3 is 19.4 Å². The maximum atomic E-state index is 12.8. The van der Waals surface area contributed by atoms with Crippen LogP contribution in [-0.4, -0.2) is 40.7 Å². The molecular formula is C21H25N3O4. The fraction of sp³-hybridized carbons (Fsp3) is 0.476. The Bertz CT molecular complexity index is 955. The van der Waals surface area contributed by atoms with Crippen LogP contribution in [0.2, 0.25) is 0 Å². The first-order valence-corrected chi connectivity index (χ1v) is 9.63. The minimum atomic E-state index is -0.235. The summed E-state index contributed by atoms with van der Waals surface area (Å²) in [5.74, 6) is 2.10. The van der Waals surface area contributed by atoms with Gasteiger partial charge in [-0.15, -0.1) is 0 Å². The van der Waals surface area contributed by atoms with Gasteiger partial charge in [-0.25, -0.2) is 4.98 Å². The molecular weight excluding hydrogens is 358 g/mol. The summed E-state index contributed by atoms with van der Waals surface area (Å²) >= 11 is 0. The van der Waals surface area contributed by atoms with Crippen LogP contribution in [0.3, 0.4) is 0 Å². The van der Waals surface area contributed by atoms with Gasteiger partial charge >= 0.3 is 0 Å². The van der Waals surface area contributed by atoms with E-state index in [4.69, 9.17) is 9.47 Å². The fourth-order valence-electron chi connectivity index (χ4n) is 4.13. The number of rotatable bonds is 4. The van der Waals surface area contributed by atoms with Crippen molar-refractivity contribution in [1.82, 2.24) is 14.9 Å². The van der Waals surface area contributed by atoms with E-state index in [1.54, 1.807) is 6.92 Å². The minimum Gasteiger partial charge on any atom is -0.454 e. The SMILES string of the molecule is Cc1ncc(CC(=O)N2CCC[C@@](C)(Cc3ccc4c(c3)OCO4)C2)c(=O)[nH]1. The number of fused-ring (bicyclic) bond motifs is 1. The summed E-state index contributed by atoms with van der Waals surface area (Å²) in [4.78, 5) is 33.5. The van der Waals surface area contributed by atoms with Crippen LogP contribution >= 0.6 is 0 Å². The van der Waals surface area contributed by atoms with Crippen LogP contribution in [0.4, 0.5) is 0 Å². The number of H-pyrrole nitrogens is 1. The number of aromatic amines is 1. The molecule has 7 heteroatoms. The van der Waals surface area contributed by atoms with E-state index in [1.807, 2.05) is 17.0 Å². The highest BCUT2D eigenvalue weighted by Crippen LogP contribution is 2.37. The number of benzene rings is 1. The molecule has 2 aliphatic rings. The van der Waals surface area contributed by atoms with Crippen LogP contribution in [0.15, 0.2) is 29.2 Å². The Balaban J connectivity index is 1.44. The van der Waals surface area contributed by atoms with Crippen molar-refractivity contribution in [3.8, 4) is 11.5 Å². The largest absolute Gasteiger partial charge is 0.454 e. The maximum Gasteiger partial charge on any atom is 0.254 e. The van der Waals surface area contributed by atoms with E-state index < -0.39 is 0 Å². The van der Waals surface area contributed by atoms with Crippen LogP contribution in [0.5, 0.6) is 11.5 Å². The average molecular weight is 383 g/mol. The Hall–Kier alpha value is -2.83. The molecule has 148 valence electrons. The molecule has 2 aromatic rings. The van der Waals surface area contributed by atoms with Crippen LogP contribution < -0.4 is 15.0 Å². The van der Waals surface area contributed by atoms with Gasteiger partial charge in [0.05, 0.1) is 6.42 Å². The number of hydrogen-bond donors (Lipinski definition) is 1. The van der Waals surface area contributed by atoms with Gasteiger partial charge in [-0.05, 0) is 49.3 Å². The Morgan fingerprint density at radius 1 is 1.32 bits per heavy atom. The molecule has 0 unspecified atom stereocenters. The quantitative estimate of drug-likeness (QED) is 0.875. The van der Waals surface area contributed by atoms with Crippen LogP contribution in [0, 0.1) is 12.3 Å². The summed E-state index contributed by atoms with van der Waals surface area (Å²) in [6.07, 6.45) is 4.46. The molecule has 1 aromatic carbocycles. The number of nitrogens with one attached hydrogen (secondary N) is 1. The molecule has 0 saturated carbocycles. The molecule has 0 radical (unpaired) electrons. The Morgan fingerprint density at radius 2 is 2.14 bits per heavy atom. The number of piperidine rings is 1. The topological polar surface area (TPSA) is 84.5 Å². The number of carbonyl (C=O) groups excluding carboxylic acids is 1. The Morgan fingerprint density at radius 3 is 2.96 bits per heavy atom. The molecule has 28 heavy (non-hydrogen) atoms. The lowest BCUT2D eigenvalue weighted by Gasteiger charge is -2.41. The lowest BCUT2D eigenvalue weighted by Crippen LogP contribution is -2.46. The third-order valence-corrected chi connectivity index (χ3v) is 5.54. The third-order valence-electron chi connectivity index (χ3n) is 5.54. The number of carbonyl (C=O) groups is 1. The van der Waals surface area contributed by atoms with E-state index in [9.17, 15) is 9.59 Å². The normalized spacial score (nSPS) is 21.0. The van der Waals surface area contributed by atoms with Gasteiger partial charge in [-0.2, -0.15) is 0 Å². The van der Waals surface area contributed by atoms with Crippen molar-refractivity contribution >= 4 is 5.91 Å². The Kier molecular flexibility index (Phi) is 4.83. The van der Waals surface area contributed by atoms with Crippen molar-refractivity contribution in [2.45, 2.75) is 39.5 Å². The second-order valence-corrected chi connectivity index (χ2v) is 8.09. The lowest BCUT2D eigenvalue weighted by molar-refractivity contribution is -0.133. The third kappa shape index (κ3) is 3.88. The smallest absolute Gasteiger partial charge is 0.254 e. The van der Waals surface area contributed by atoms with Gasteiger partial charge in [-0.3, -0.25) is 9.59 Å². The number of hydrogen-bond acceptors (Lipinski definition) is 5. The molecule has 1 fully saturated rings. The molecule has 3 heterocycles.